The van der Waals surface area contributed by atoms with Crippen molar-refractivity contribution in [1.29, 1.82) is 0 Å². The second kappa shape index (κ2) is 7.57. The first kappa shape index (κ1) is 18.6. The summed E-state index contributed by atoms with van der Waals surface area (Å²) in [5, 5.41) is 11.1. The quantitative estimate of drug-likeness (QED) is 0.783. The van der Waals surface area contributed by atoms with E-state index in [1.165, 1.54) is 18.6 Å². The topological polar surface area (TPSA) is 75.9 Å². The molecule has 1 aromatic rings. The zero-order valence-electron chi connectivity index (χ0n) is 15.2. The van der Waals surface area contributed by atoms with Crippen LogP contribution in [0.5, 0.6) is 5.75 Å². The lowest BCUT2D eigenvalue weighted by molar-refractivity contribution is -0.591. The average Bonchev–Trinajstić information content (AvgIpc) is 2.91. The molecule has 2 fully saturated rings. The lowest BCUT2D eigenvalue weighted by Crippen LogP contribution is -2.34. The number of carbonyl (C=O) groups excluding carboxylic acids is 1. The van der Waals surface area contributed by atoms with Crippen molar-refractivity contribution >= 4 is 11.6 Å². The SMILES string of the molecule is CC(C)CCN1CCC(c2cc(O)c(N3CC(=O)N[N+]3=O)c(F)c2)CC1. The normalized spacial score (nSPS) is 19.5. The highest BCUT2D eigenvalue weighted by atomic mass is 19.1. The summed E-state index contributed by atoms with van der Waals surface area (Å²) in [6.07, 6.45) is 2.99. The van der Waals surface area contributed by atoms with Crippen LogP contribution in [-0.2, 0) is 4.79 Å². The van der Waals surface area contributed by atoms with Crippen molar-refractivity contribution in [3.05, 3.63) is 28.4 Å². The summed E-state index contributed by atoms with van der Waals surface area (Å²) in [6, 6.07) is 2.89. The number of hydrazine groups is 2. The maximum absolute atomic E-state index is 14.6. The monoisotopic (exact) mass is 365 g/mol. The molecule has 0 spiro atoms. The van der Waals surface area contributed by atoms with Crippen LogP contribution >= 0.6 is 0 Å². The van der Waals surface area contributed by atoms with E-state index < -0.39 is 11.7 Å². The van der Waals surface area contributed by atoms with Crippen LogP contribution in [0.4, 0.5) is 10.1 Å². The zero-order valence-corrected chi connectivity index (χ0v) is 15.2. The summed E-state index contributed by atoms with van der Waals surface area (Å²) in [7, 11) is 0. The van der Waals surface area contributed by atoms with Crippen LogP contribution in [0.2, 0.25) is 0 Å². The number of hydrogen-bond donors (Lipinski definition) is 2. The number of nitrogens with zero attached hydrogens (tertiary/aromatic N) is 3. The number of aromatic hydroxyl groups is 1. The molecule has 3 rings (SSSR count). The van der Waals surface area contributed by atoms with Gasteiger partial charge in [-0.3, -0.25) is 4.79 Å². The predicted octanol–water partition coefficient (Wildman–Crippen LogP) is 2.30. The second-order valence-electron chi connectivity index (χ2n) is 7.53. The van der Waals surface area contributed by atoms with Gasteiger partial charge >= 0.3 is 5.91 Å². The summed E-state index contributed by atoms with van der Waals surface area (Å²) in [5.41, 5.74) is 2.48. The molecule has 0 aliphatic carbocycles. The molecule has 0 atom stereocenters. The smallest absolute Gasteiger partial charge is 0.307 e. The fourth-order valence-electron chi connectivity index (χ4n) is 3.60. The minimum absolute atomic E-state index is 0.146. The highest BCUT2D eigenvalue weighted by Crippen LogP contribution is 2.37. The first-order valence-electron chi connectivity index (χ1n) is 9.14. The van der Waals surface area contributed by atoms with Crippen LogP contribution in [0.25, 0.3) is 0 Å². The van der Waals surface area contributed by atoms with Crippen LogP contribution < -0.4 is 10.4 Å². The van der Waals surface area contributed by atoms with Gasteiger partial charge in [0.25, 0.3) is 4.98 Å². The Bertz CT molecular complexity index is 679. The maximum atomic E-state index is 14.6. The number of likely N-dealkylation sites (tertiary alicyclic amines) is 1. The van der Waals surface area contributed by atoms with E-state index in [2.05, 4.69) is 18.7 Å². The third-order valence-electron chi connectivity index (χ3n) is 5.14. The Morgan fingerprint density at radius 3 is 2.58 bits per heavy atom. The number of nitrogens with one attached hydrogen (secondary N) is 1. The Morgan fingerprint density at radius 1 is 1.35 bits per heavy atom. The average molecular weight is 365 g/mol. The summed E-state index contributed by atoms with van der Waals surface area (Å²) >= 11 is 0. The van der Waals surface area contributed by atoms with Crippen LogP contribution in [0.1, 0.15) is 44.6 Å². The molecule has 1 aromatic carbocycles. The molecular weight excluding hydrogens is 339 g/mol. The molecule has 2 N–H and O–H groups in total. The molecule has 2 aliphatic rings. The second-order valence-corrected chi connectivity index (χ2v) is 7.53. The van der Waals surface area contributed by atoms with Crippen molar-refractivity contribution in [1.82, 2.24) is 10.3 Å². The van der Waals surface area contributed by atoms with Gasteiger partial charge in [-0.15, -0.1) is 0 Å². The van der Waals surface area contributed by atoms with Crippen molar-refractivity contribution in [2.75, 3.05) is 31.2 Å². The summed E-state index contributed by atoms with van der Waals surface area (Å²) < 4.78 is 14.6. The molecule has 2 heterocycles. The minimum Gasteiger partial charge on any atom is -0.505 e. The van der Waals surface area contributed by atoms with Gasteiger partial charge in [0.15, 0.2) is 18.0 Å². The molecule has 26 heavy (non-hydrogen) atoms. The van der Waals surface area contributed by atoms with Crippen molar-refractivity contribution < 1.29 is 19.3 Å². The Hall–Kier alpha value is -2.22. The van der Waals surface area contributed by atoms with Crippen LogP contribution in [0.3, 0.4) is 0 Å². The van der Waals surface area contributed by atoms with E-state index >= 15 is 0 Å². The Labute approximate surface area is 152 Å². The molecule has 0 radical (unpaired) electrons. The number of phenols is 1. The lowest BCUT2D eigenvalue weighted by atomic mass is 9.88. The summed E-state index contributed by atoms with van der Waals surface area (Å²) in [6.45, 7) is 7.11. The van der Waals surface area contributed by atoms with Crippen molar-refractivity contribution in [2.24, 2.45) is 5.92 Å². The molecule has 0 bridgehead atoms. The first-order valence-corrected chi connectivity index (χ1v) is 9.14. The number of piperidine rings is 1. The van der Waals surface area contributed by atoms with Crippen LogP contribution in [0, 0.1) is 16.6 Å². The van der Waals surface area contributed by atoms with Gasteiger partial charge in [-0.2, -0.15) is 0 Å². The zero-order chi connectivity index (χ0) is 18.8. The number of nitroso groups, excluding NO2 is 1. The van der Waals surface area contributed by atoms with E-state index in [0.717, 1.165) is 43.0 Å². The minimum atomic E-state index is -0.695. The number of halogens is 1. The van der Waals surface area contributed by atoms with Crippen molar-refractivity contribution in [3.63, 3.8) is 0 Å². The highest BCUT2D eigenvalue weighted by molar-refractivity contribution is 5.82. The first-order chi connectivity index (χ1) is 12.3. The third kappa shape index (κ3) is 3.95. The fraction of sp³-hybridized carbons (Fsp3) is 0.611. The van der Waals surface area contributed by atoms with Gasteiger partial charge in [0.2, 0.25) is 0 Å². The Balaban J connectivity index is 1.69. The van der Waals surface area contributed by atoms with Gasteiger partial charge in [-0.05, 0) is 68.4 Å². The van der Waals surface area contributed by atoms with Gasteiger partial charge in [0.1, 0.15) is 5.75 Å². The largest absolute Gasteiger partial charge is 0.505 e. The van der Waals surface area contributed by atoms with E-state index in [4.69, 9.17) is 0 Å². The number of carbonyl (C=O) groups is 1. The molecule has 0 saturated carbocycles. The number of amides is 1. The fourth-order valence-corrected chi connectivity index (χ4v) is 3.60. The molecule has 2 aliphatic heterocycles. The van der Waals surface area contributed by atoms with Crippen LogP contribution in [-0.4, -0.2) is 47.1 Å². The molecule has 0 aromatic heterocycles. The molecule has 0 unspecified atom stereocenters. The molecule has 7 nitrogen and oxygen atoms in total. The van der Waals surface area contributed by atoms with E-state index in [1.54, 1.807) is 0 Å². The van der Waals surface area contributed by atoms with Gasteiger partial charge in [0.05, 0.1) is 4.91 Å². The predicted molar refractivity (Wildman–Crippen MR) is 95.1 cm³/mol. The number of rotatable bonds is 5. The van der Waals surface area contributed by atoms with E-state index in [0.29, 0.717) is 5.92 Å². The number of benzene rings is 1. The Morgan fingerprint density at radius 2 is 2.04 bits per heavy atom. The standard InChI is InChI=1S/C18H25FN4O3/c1-12(2)3-6-21-7-4-13(5-8-21)14-9-15(19)18(16(24)10-14)22-11-17(25)20-23(22)26/h9-10,12-13H,3-8,11H2,1-2H3,(H-,20,24,25,26)/p+1. The molecule has 1 amide bonds. The van der Waals surface area contributed by atoms with E-state index in [-0.39, 0.29) is 28.9 Å². The maximum Gasteiger partial charge on any atom is 0.307 e. The Kier molecular flexibility index (Phi) is 5.41. The number of anilines is 1. The molecule has 142 valence electrons. The number of phenolic OH excluding ortho intramolecular Hbond substituents is 1. The molecule has 8 heteroatoms. The molecule has 2 saturated heterocycles. The lowest BCUT2D eigenvalue weighted by Gasteiger charge is -2.32. The summed E-state index contributed by atoms with van der Waals surface area (Å²) in [4.78, 5) is 25.5. The van der Waals surface area contributed by atoms with Crippen LogP contribution in [0.15, 0.2) is 12.1 Å². The van der Waals surface area contributed by atoms with Gasteiger partial charge in [0, 0.05) is 0 Å². The van der Waals surface area contributed by atoms with Gasteiger partial charge < -0.3 is 10.0 Å². The highest BCUT2D eigenvalue weighted by Gasteiger charge is 2.40. The molecular formula is C18H26FN4O3+. The van der Waals surface area contributed by atoms with Gasteiger partial charge in [-0.25, -0.2) is 4.39 Å². The number of hydrogen-bond acceptors (Lipinski definition) is 4. The van der Waals surface area contributed by atoms with Crippen molar-refractivity contribution in [2.45, 2.75) is 39.0 Å². The van der Waals surface area contributed by atoms with E-state index in [9.17, 15) is 19.2 Å². The summed E-state index contributed by atoms with van der Waals surface area (Å²) in [5.74, 6) is -0.698. The third-order valence-corrected chi connectivity index (χ3v) is 5.14. The van der Waals surface area contributed by atoms with Gasteiger partial charge in [-0.1, -0.05) is 24.3 Å². The van der Waals surface area contributed by atoms with E-state index in [1.807, 2.05) is 5.43 Å². The van der Waals surface area contributed by atoms with Crippen molar-refractivity contribution in [3.8, 4) is 5.75 Å².